The van der Waals surface area contributed by atoms with Gasteiger partial charge in [0.15, 0.2) is 0 Å². The highest BCUT2D eigenvalue weighted by Crippen LogP contribution is 2.34. The highest BCUT2D eigenvalue weighted by atomic mass is 32.2. The first-order valence-electron chi connectivity index (χ1n) is 6.74. The molecule has 1 N–H and O–H groups in total. The summed E-state index contributed by atoms with van der Waals surface area (Å²) in [5.74, 6) is 0.403. The monoisotopic (exact) mass is 266 g/mol. The molecule has 0 spiro atoms. The molecule has 100 valence electrons. The van der Waals surface area contributed by atoms with E-state index < -0.39 is 0 Å². The van der Waals surface area contributed by atoms with Crippen LogP contribution < -0.4 is 0 Å². The summed E-state index contributed by atoms with van der Waals surface area (Å²) in [4.78, 5) is 1.15. The van der Waals surface area contributed by atoms with Gasteiger partial charge in [0, 0.05) is 12.0 Å². The molecule has 18 heavy (non-hydrogen) atoms. The number of methoxy groups -OCH3 is 1. The number of benzene rings is 1. The maximum Gasteiger partial charge on any atom is 0.133 e. The molecule has 0 saturated heterocycles. The SMILES string of the molecule is CO[C@@H](Sc1ccccc1)[C@@H](O)C1CCCCC1. The van der Waals surface area contributed by atoms with Crippen molar-refractivity contribution in [3.63, 3.8) is 0 Å². The summed E-state index contributed by atoms with van der Waals surface area (Å²) < 4.78 is 5.48. The first-order chi connectivity index (χ1) is 8.81. The highest BCUT2D eigenvalue weighted by Gasteiger charge is 2.29. The maximum atomic E-state index is 10.4. The van der Waals surface area contributed by atoms with Gasteiger partial charge in [0.05, 0.1) is 6.10 Å². The summed E-state index contributed by atoms with van der Waals surface area (Å²) in [7, 11) is 1.69. The van der Waals surface area contributed by atoms with Gasteiger partial charge >= 0.3 is 0 Å². The molecule has 2 rings (SSSR count). The largest absolute Gasteiger partial charge is 0.389 e. The third-order valence-corrected chi connectivity index (χ3v) is 4.89. The summed E-state index contributed by atoms with van der Waals surface area (Å²) in [6.45, 7) is 0. The van der Waals surface area contributed by atoms with Crippen molar-refractivity contribution in [3.05, 3.63) is 30.3 Å². The molecular formula is C15H22O2S. The molecule has 0 amide bonds. The lowest BCUT2D eigenvalue weighted by Crippen LogP contribution is -2.33. The van der Waals surface area contributed by atoms with Gasteiger partial charge in [-0.1, -0.05) is 49.2 Å². The number of ether oxygens (including phenoxy) is 1. The average molecular weight is 266 g/mol. The van der Waals surface area contributed by atoms with Crippen molar-refractivity contribution in [1.82, 2.24) is 0 Å². The molecule has 0 aromatic heterocycles. The molecular weight excluding hydrogens is 244 g/mol. The van der Waals surface area contributed by atoms with E-state index in [1.54, 1.807) is 18.9 Å². The van der Waals surface area contributed by atoms with Crippen LogP contribution in [0.15, 0.2) is 35.2 Å². The van der Waals surface area contributed by atoms with Crippen LogP contribution in [0.2, 0.25) is 0 Å². The molecule has 1 saturated carbocycles. The van der Waals surface area contributed by atoms with E-state index in [0.717, 1.165) is 17.7 Å². The second kappa shape index (κ2) is 7.17. The van der Waals surface area contributed by atoms with Gasteiger partial charge in [-0.05, 0) is 30.9 Å². The summed E-state index contributed by atoms with van der Waals surface area (Å²) in [5.41, 5.74) is -0.157. The standard InChI is InChI=1S/C15H22O2S/c1-17-15(18-13-10-6-3-7-11-13)14(16)12-8-4-2-5-9-12/h3,6-7,10-12,14-16H,2,4-5,8-9H2,1H3/t14-,15-/m0/s1. The fourth-order valence-electron chi connectivity index (χ4n) is 2.59. The van der Waals surface area contributed by atoms with Gasteiger partial charge < -0.3 is 9.84 Å². The summed E-state index contributed by atoms with van der Waals surface area (Å²) in [6.07, 6.45) is 5.71. The molecule has 0 unspecified atom stereocenters. The predicted molar refractivity (Wildman–Crippen MR) is 75.7 cm³/mol. The van der Waals surface area contributed by atoms with Gasteiger partial charge in [0.2, 0.25) is 0 Å². The van der Waals surface area contributed by atoms with Crippen LogP contribution in [0, 0.1) is 5.92 Å². The minimum absolute atomic E-state index is 0.157. The van der Waals surface area contributed by atoms with E-state index in [4.69, 9.17) is 4.74 Å². The molecule has 3 heteroatoms. The third-order valence-electron chi connectivity index (χ3n) is 3.64. The van der Waals surface area contributed by atoms with Gasteiger partial charge in [0.25, 0.3) is 0 Å². The predicted octanol–water partition coefficient (Wildman–Crippen LogP) is 3.69. The smallest absolute Gasteiger partial charge is 0.133 e. The average Bonchev–Trinajstić information content (AvgIpc) is 2.46. The Bertz CT molecular complexity index is 336. The van der Waals surface area contributed by atoms with Crippen molar-refractivity contribution in [2.45, 2.75) is 48.5 Å². The fourth-order valence-corrected chi connectivity index (χ4v) is 3.63. The molecule has 0 bridgehead atoms. The summed E-state index contributed by atoms with van der Waals surface area (Å²) >= 11 is 1.62. The second-order valence-corrected chi connectivity index (χ2v) is 6.10. The topological polar surface area (TPSA) is 29.5 Å². The molecule has 1 fully saturated rings. The Balaban J connectivity index is 1.94. The summed E-state index contributed by atoms with van der Waals surface area (Å²) in [5, 5.41) is 10.4. The van der Waals surface area contributed by atoms with E-state index in [-0.39, 0.29) is 11.5 Å². The molecule has 1 aliphatic rings. The van der Waals surface area contributed by atoms with Crippen molar-refractivity contribution >= 4 is 11.8 Å². The Hall–Kier alpha value is -0.510. The molecule has 1 aromatic carbocycles. The van der Waals surface area contributed by atoms with E-state index in [0.29, 0.717) is 5.92 Å². The van der Waals surface area contributed by atoms with Gasteiger partial charge in [0.1, 0.15) is 5.44 Å². The third kappa shape index (κ3) is 3.74. The Morgan fingerprint density at radius 2 is 1.83 bits per heavy atom. The van der Waals surface area contributed by atoms with Crippen molar-refractivity contribution in [1.29, 1.82) is 0 Å². The normalized spacial score (nSPS) is 20.6. The Morgan fingerprint density at radius 1 is 1.17 bits per heavy atom. The highest BCUT2D eigenvalue weighted by molar-refractivity contribution is 7.99. The van der Waals surface area contributed by atoms with Crippen LogP contribution in [0.25, 0.3) is 0 Å². The Morgan fingerprint density at radius 3 is 2.44 bits per heavy atom. The molecule has 2 nitrogen and oxygen atoms in total. The van der Waals surface area contributed by atoms with Crippen molar-refractivity contribution in [3.8, 4) is 0 Å². The van der Waals surface area contributed by atoms with Gasteiger partial charge in [-0.3, -0.25) is 0 Å². The molecule has 1 aromatic rings. The number of aliphatic hydroxyl groups is 1. The zero-order chi connectivity index (χ0) is 12.8. The number of aliphatic hydroxyl groups excluding tert-OH is 1. The van der Waals surface area contributed by atoms with Crippen molar-refractivity contribution in [2.75, 3.05) is 7.11 Å². The minimum Gasteiger partial charge on any atom is -0.389 e. The first-order valence-corrected chi connectivity index (χ1v) is 7.62. The second-order valence-electron chi connectivity index (χ2n) is 4.92. The lowest BCUT2D eigenvalue weighted by Gasteiger charge is -2.31. The number of hydrogen-bond acceptors (Lipinski definition) is 3. The van der Waals surface area contributed by atoms with E-state index in [9.17, 15) is 5.11 Å². The zero-order valence-electron chi connectivity index (χ0n) is 10.9. The van der Waals surface area contributed by atoms with Crippen LogP contribution in [0.5, 0.6) is 0 Å². The van der Waals surface area contributed by atoms with Gasteiger partial charge in [-0.2, -0.15) is 0 Å². The summed E-state index contributed by atoms with van der Waals surface area (Å²) in [6, 6.07) is 10.2. The van der Waals surface area contributed by atoms with E-state index in [1.807, 2.05) is 18.2 Å². The lowest BCUT2D eigenvalue weighted by atomic mass is 9.85. The van der Waals surface area contributed by atoms with E-state index in [2.05, 4.69) is 12.1 Å². The molecule has 0 heterocycles. The van der Waals surface area contributed by atoms with E-state index in [1.165, 1.54) is 19.3 Å². The van der Waals surface area contributed by atoms with Crippen LogP contribution >= 0.6 is 11.8 Å². The van der Waals surface area contributed by atoms with Crippen LogP contribution in [0.1, 0.15) is 32.1 Å². The van der Waals surface area contributed by atoms with Crippen LogP contribution in [0.3, 0.4) is 0 Å². The molecule has 2 atom stereocenters. The lowest BCUT2D eigenvalue weighted by molar-refractivity contribution is -0.00496. The minimum atomic E-state index is -0.361. The fraction of sp³-hybridized carbons (Fsp3) is 0.600. The van der Waals surface area contributed by atoms with Crippen LogP contribution in [0.4, 0.5) is 0 Å². The number of rotatable bonds is 5. The molecule has 0 radical (unpaired) electrons. The quantitative estimate of drug-likeness (QED) is 0.651. The molecule has 0 aliphatic heterocycles. The molecule has 1 aliphatic carbocycles. The van der Waals surface area contributed by atoms with Gasteiger partial charge in [-0.15, -0.1) is 0 Å². The maximum absolute atomic E-state index is 10.4. The van der Waals surface area contributed by atoms with Crippen LogP contribution in [-0.4, -0.2) is 23.8 Å². The van der Waals surface area contributed by atoms with E-state index >= 15 is 0 Å². The van der Waals surface area contributed by atoms with Crippen molar-refractivity contribution < 1.29 is 9.84 Å². The Kier molecular flexibility index (Phi) is 5.54. The Labute approximate surface area is 114 Å². The van der Waals surface area contributed by atoms with Gasteiger partial charge in [-0.25, -0.2) is 0 Å². The van der Waals surface area contributed by atoms with Crippen LogP contribution in [-0.2, 0) is 4.74 Å². The number of hydrogen-bond donors (Lipinski definition) is 1. The first kappa shape index (κ1) is 13.9. The zero-order valence-corrected chi connectivity index (χ0v) is 11.7. The number of thioether (sulfide) groups is 1. The van der Waals surface area contributed by atoms with Crippen molar-refractivity contribution in [2.24, 2.45) is 5.92 Å².